The zero-order valence-corrected chi connectivity index (χ0v) is 14.9. The molecule has 1 heterocycles. The Labute approximate surface area is 155 Å². The SMILES string of the molecule is CCOc1ccc(NC(=O)c2cc3ccccc3o/c2=N/OC(C)=O)cc1. The average Bonchev–Trinajstić information content (AvgIpc) is 2.67. The fourth-order valence-electron chi connectivity index (χ4n) is 2.40. The normalized spacial score (nSPS) is 11.3. The van der Waals surface area contributed by atoms with Crippen LogP contribution in [-0.2, 0) is 9.63 Å². The average molecular weight is 366 g/mol. The van der Waals surface area contributed by atoms with Gasteiger partial charge in [-0.05, 0) is 48.5 Å². The van der Waals surface area contributed by atoms with Crippen molar-refractivity contribution in [2.24, 2.45) is 5.16 Å². The number of hydrogen-bond acceptors (Lipinski definition) is 6. The summed E-state index contributed by atoms with van der Waals surface area (Å²) in [7, 11) is 0. The second kappa shape index (κ2) is 8.18. The first-order chi connectivity index (χ1) is 13.1. The molecule has 0 bridgehead atoms. The lowest BCUT2D eigenvalue weighted by Gasteiger charge is -2.08. The maximum atomic E-state index is 12.7. The van der Waals surface area contributed by atoms with Crippen molar-refractivity contribution < 1.29 is 23.6 Å². The molecule has 7 heteroatoms. The Bertz CT molecular complexity index is 1040. The summed E-state index contributed by atoms with van der Waals surface area (Å²) in [4.78, 5) is 28.5. The Hall–Kier alpha value is -3.61. The van der Waals surface area contributed by atoms with Gasteiger partial charge in [0.2, 0.25) is 0 Å². The van der Waals surface area contributed by atoms with E-state index >= 15 is 0 Å². The molecule has 0 aliphatic heterocycles. The maximum absolute atomic E-state index is 12.7. The summed E-state index contributed by atoms with van der Waals surface area (Å²) in [5, 5.41) is 7.14. The number of nitrogens with one attached hydrogen (secondary N) is 1. The molecule has 0 saturated carbocycles. The number of anilines is 1. The van der Waals surface area contributed by atoms with Crippen molar-refractivity contribution in [3.8, 4) is 5.75 Å². The Morgan fingerprint density at radius 2 is 1.85 bits per heavy atom. The van der Waals surface area contributed by atoms with Crippen molar-refractivity contribution in [2.45, 2.75) is 13.8 Å². The van der Waals surface area contributed by atoms with Gasteiger partial charge in [0, 0.05) is 18.0 Å². The Balaban J connectivity index is 1.95. The molecule has 0 aliphatic rings. The second-order valence-corrected chi connectivity index (χ2v) is 5.59. The number of hydrogen-bond donors (Lipinski definition) is 1. The molecule has 3 aromatic rings. The third-order valence-electron chi connectivity index (χ3n) is 3.58. The fourth-order valence-corrected chi connectivity index (χ4v) is 2.40. The number of fused-ring (bicyclic) bond motifs is 1. The molecule has 1 amide bonds. The standard InChI is InChI=1S/C20H18N2O5/c1-3-25-16-10-8-15(9-11-16)21-19(24)17-12-14-6-4-5-7-18(14)26-20(17)22-27-13(2)23/h4-12H,3H2,1-2H3,(H,21,24)/b22-20+. The molecule has 7 nitrogen and oxygen atoms in total. The van der Waals surface area contributed by atoms with Gasteiger partial charge in [0.15, 0.2) is 0 Å². The van der Waals surface area contributed by atoms with Gasteiger partial charge in [0.1, 0.15) is 16.9 Å². The number of amides is 1. The molecule has 0 atom stereocenters. The number of ether oxygens (including phenoxy) is 1. The van der Waals surface area contributed by atoms with Crippen molar-refractivity contribution in [3.63, 3.8) is 0 Å². The van der Waals surface area contributed by atoms with Gasteiger partial charge in [-0.25, -0.2) is 4.79 Å². The van der Waals surface area contributed by atoms with E-state index in [-0.39, 0.29) is 11.1 Å². The van der Waals surface area contributed by atoms with Crippen molar-refractivity contribution in [1.29, 1.82) is 0 Å². The monoisotopic (exact) mass is 366 g/mol. The van der Waals surface area contributed by atoms with Crippen LogP contribution in [0.2, 0.25) is 0 Å². The van der Waals surface area contributed by atoms with E-state index in [2.05, 4.69) is 15.3 Å². The number of para-hydroxylation sites is 1. The first kappa shape index (κ1) is 18.2. The molecule has 2 aromatic carbocycles. The molecule has 1 aromatic heterocycles. The summed E-state index contributed by atoms with van der Waals surface area (Å²) in [5.41, 5.74) is 1.15. The third-order valence-corrected chi connectivity index (χ3v) is 3.58. The lowest BCUT2D eigenvalue weighted by Crippen LogP contribution is -2.22. The summed E-state index contributed by atoms with van der Waals surface area (Å²) in [6, 6.07) is 15.8. The fraction of sp³-hybridized carbons (Fsp3) is 0.150. The minimum absolute atomic E-state index is 0.0904. The topological polar surface area (TPSA) is 90.1 Å². The molecule has 0 unspecified atom stereocenters. The van der Waals surface area contributed by atoms with E-state index in [4.69, 9.17) is 9.15 Å². The largest absolute Gasteiger partial charge is 0.494 e. The van der Waals surface area contributed by atoms with Gasteiger partial charge in [-0.15, -0.1) is 0 Å². The molecular formula is C20H18N2O5. The lowest BCUT2D eigenvalue weighted by atomic mass is 10.1. The van der Waals surface area contributed by atoms with E-state index in [1.165, 1.54) is 6.92 Å². The van der Waals surface area contributed by atoms with Gasteiger partial charge in [0.25, 0.3) is 11.5 Å². The van der Waals surface area contributed by atoms with Gasteiger partial charge < -0.3 is 19.3 Å². The van der Waals surface area contributed by atoms with Crippen molar-refractivity contribution in [3.05, 3.63) is 65.7 Å². The summed E-state index contributed by atoms with van der Waals surface area (Å²) in [5.74, 6) is -0.349. The van der Waals surface area contributed by atoms with E-state index in [0.717, 1.165) is 5.39 Å². The van der Waals surface area contributed by atoms with Gasteiger partial charge in [-0.1, -0.05) is 18.2 Å². The first-order valence-corrected chi connectivity index (χ1v) is 8.35. The van der Waals surface area contributed by atoms with Crippen LogP contribution in [0.1, 0.15) is 24.2 Å². The highest BCUT2D eigenvalue weighted by molar-refractivity contribution is 6.05. The molecule has 0 saturated heterocycles. The molecular weight excluding hydrogens is 348 g/mol. The van der Waals surface area contributed by atoms with E-state index in [1.54, 1.807) is 42.5 Å². The van der Waals surface area contributed by atoms with Crippen LogP contribution in [0.15, 0.2) is 64.2 Å². The van der Waals surface area contributed by atoms with E-state index < -0.39 is 11.9 Å². The van der Waals surface area contributed by atoms with Crippen LogP contribution in [-0.4, -0.2) is 18.5 Å². The molecule has 1 N–H and O–H groups in total. The van der Waals surface area contributed by atoms with E-state index in [1.807, 2.05) is 19.1 Å². The Kier molecular flexibility index (Phi) is 5.51. The maximum Gasteiger partial charge on any atom is 0.332 e. The number of carbonyl (C=O) groups is 2. The number of nitrogens with zero attached hydrogens (tertiary/aromatic N) is 1. The van der Waals surface area contributed by atoms with Gasteiger partial charge in [-0.2, -0.15) is 0 Å². The molecule has 0 radical (unpaired) electrons. The van der Waals surface area contributed by atoms with Crippen LogP contribution in [0.25, 0.3) is 11.0 Å². The highest BCUT2D eigenvalue weighted by Gasteiger charge is 2.14. The smallest absolute Gasteiger partial charge is 0.332 e. The Morgan fingerprint density at radius 3 is 2.56 bits per heavy atom. The van der Waals surface area contributed by atoms with Crippen LogP contribution < -0.4 is 15.6 Å². The van der Waals surface area contributed by atoms with Crippen LogP contribution >= 0.6 is 0 Å². The van der Waals surface area contributed by atoms with Crippen LogP contribution in [0, 0.1) is 0 Å². The highest BCUT2D eigenvalue weighted by atomic mass is 16.7. The Morgan fingerprint density at radius 1 is 1.11 bits per heavy atom. The van der Waals surface area contributed by atoms with Crippen molar-refractivity contribution in [2.75, 3.05) is 11.9 Å². The molecule has 0 spiro atoms. The zero-order chi connectivity index (χ0) is 19.2. The van der Waals surface area contributed by atoms with Gasteiger partial charge >= 0.3 is 5.97 Å². The number of benzene rings is 2. The van der Waals surface area contributed by atoms with E-state index in [9.17, 15) is 9.59 Å². The zero-order valence-electron chi connectivity index (χ0n) is 14.9. The van der Waals surface area contributed by atoms with Gasteiger partial charge in [0.05, 0.1) is 6.61 Å². The summed E-state index contributed by atoms with van der Waals surface area (Å²) >= 11 is 0. The van der Waals surface area contributed by atoms with Crippen molar-refractivity contribution >= 4 is 28.5 Å². The molecule has 0 fully saturated rings. The minimum Gasteiger partial charge on any atom is -0.494 e. The molecule has 27 heavy (non-hydrogen) atoms. The lowest BCUT2D eigenvalue weighted by molar-refractivity contribution is -0.141. The summed E-state index contributed by atoms with van der Waals surface area (Å²) in [6.45, 7) is 3.67. The predicted molar refractivity (Wildman–Crippen MR) is 99.1 cm³/mol. The second-order valence-electron chi connectivity index (χ2n) is 5.59. The quantitative estimate of drug-likeness (QED) is 0.552. The minimum atomic E-state index is -0.615. The van der Waals surface area contributed by atoms with Crippen molar-refractivity contribution in [1.82, 2.24) is 0 Å². The number of carbonyl (C=O) groups excluding carboxylic acids is 2. The van der Waals surface area contributed by atoms with Crippen LogP contribution in [0.3, 0.4) is 0 Å². The predicted octanol–water partition coefficient (Wildman–Crippen LogP) is 3.46. The molecule has 3 rings (SSSR count). The molecule has 0 aliphatic carbocycles. The first-order valence-electron chi connectivity index (χ1n) is 8.35. The summed E-state index contributed by atoms with van der Waals surface area (Å²) in [6.07, 6.45) is 0. The highest BCUT2D eigenvalue weighted by Crippen LogP contribution is 2.17. The van der Waals surface area contributed by atoms with E-state index in [0.29, 0.717) is 23.6 Å². The van der Waals surface area contributed by atoms with Crippen LogP contribution in [0.4, 0.5) is 5.69 Å². The molecule has 138 valence electrons. The third kappa shape index (κ3) is 4.52. The van der Waals surface area contributed by atoms with Crippen LogP contribution in [0.5, 0.6) is 5.75 Å². The number of rotatable bonds is 5. The van der Waals surface area contributed by atoms with Gasteiger partial charge in [-0.3, -0.25) is 4.79 Å². The summed E-state index contributed by atoms with van der Waals surface area (Å²) < 4.78 is 11.0.